The minimum atomic E-state index is -4.53. The van der Waals surface area contributed by atoms with Gasteiger partial charge in [0.1, 0.15) is 11.6 Å². The van der Waals surface area contributed by atoms with Crippen molar-refractivity contribution in [3.63, 3.8) is 0 Å². The van der Waals surface area contributed by atoms with Gasteiger partial charge in [0.2, 0.25) is 11.8 Å². The van der Waals surface area contributed by atoms with Gasteiger partial charge in [0.25, 0.3) is 0 Å². The van der Waals surface area contributed by atoms with Gasteiger partial charge in [0.15, 0.2) is 0 Å². The second kappa shape index (κ2) is 6.78. The van der Waals surface area contributed by atoms with Crippen LogP contribution in [-0.2, 0) is 15.8 Å². The number of carbonyl (C=O) groups excluding carboxylic acids is 2. The monoisotopic (exact) mass is 319 g/mol. The highest BCUT2D eigenvalue weighted by molar-refractivity contribution is 5.91. The summed E-state index contributed by atoms with van der Waals surface area (Å²) < 4.78 is 37.8. The molecule has 0 bridgehead atoms. The number of primary amides is 1. The van der Waals surface area contributed by atoms with E-state index in [-0.39, 0.29) is 13.0 Å². The number of halogens is 3. The maximum absolute atomic E-state index is 12.6. The average Bonchev–Trinajstić information content (AvgIpc) is 2.36. The summed E-state index contributed by atoms with van der Waals surface area (Å²) in [5, 5.41) is 2.29. The number of benzene rings is 1. The third-order valence-corrected chi connectivity index (χ3v) is 2.91. The van der Waals surface area contributed by atoms with Crippen molar-refractivity contribution in [3.8, 4) is 0 Å². The lowest BCUT2D eigenvalue weighted by Crippen LogP contribution is -2.55. The summed E-state index contributed by atoms with van der Waals surface area (Å²) in [6, 6.07) is 2.79. The molecule has 2 amide bonds. The average molecular weight is 319 g/mol. The molecule has 0 radical (unpaired) electrons. The largest absolute Gasteiger partial charge is 0.416 e. The van der Waals surface area contributed by atoms with Crippen molar-refractivity contribution >= 4 is 11.8 Å². The number of hydrogen-bond donors (Lipinski definition) is 3. The molecule has 0 spiro atoms. The summed E-state index contributed by atoms with van der Waals surface area (Å²) in [6.45, 7) is 2.73. The van der Waals surface area contributed by atoms with E-state index in [1.165, 1.54) is 19.9 Å². The minimum Gasteiger partial charge on any atom is -0.368 e. The zero-order chi connectivity index (χ0) is 16.4. The highest BCUT2D eigenvalue weighted by atomic mass is 19.4. The second-order valence-corrected chi connectivity index (χ2v) is 5.08. The Bertz CT molecular complexity index is 557. The van der Waals surface area contributed by atoms with Crippen molar-refractivity contribution in [1.82, 2.24) is 5.32 Å². The number of nitrogens with one attached hydrogen (secondary N) is 1. The van der Waals surface area contributed by atoms with Crippen molar-refractivity contribution in [1.29, 1.82) is 0 Å². The van der Waals surface area contributed by atoms with Gasteiger partial charge in [0, 0.05) is 0 Å². The smallest absolute Gasteiger partial charge is 0.368 e. The summed E-state index contributed by atoms with van der Waals surface area (Å²) in [4.78, 5) is 23.0. The van der Waals surface area contributed by atoms with Gasteiger partial charge in [-0.05, 0) is 31.5 Å². The van der Waals surface area contributed by atoms with E-state index in [4.69, 9.17) is 11.5 Å². The topological polar surface area (TPSA) is 98.2 Å². The molecular weight excluding hydrogens is 299 g/mol. The Hall–Kier alpha value is -2.09. The summed E-state index contributed by atoms with van der Waals surface area (Å²) in [5.74, 6) is -1.58. The first-order valence-electron chi connectivity index (χ1n) is 6.00. The molecule has 0 saturated heterocycles. The van der Waals surface area contributed by atoms with Gasteiger partial charge < -0.3 is 16.8 Å². The maximum Gasteiger partial charge on any atom is 0.416 e. The van der Waals surface area contributed by atoms with E-state index in [0.29, 0.717) is 0 Å². The summed E-state index contributed by atoms with van der Waals surface area (Å²) >= 11 is 0. The van der Waals surface area contributed by atoms with Crippen molar-refractivity contribution in [2.75, 3.05) is 0 Å². The number of hydrogen-bond acceptors (Lipinski definition) is 3. The first-order valence-corrected chi connectivity index (χ1v) is 6.00. The number of alkyl halides is 3. The molecule has 1 aromatic carbocycles. The summed E-state index contributed by atoms with van der Waals surface area (Å²) in [7, 11) is 0. The number of rotatable bonds is 4. The molecular formula is C14H20F3N3O2. The first-order chi connectivity index (χ1) is 9.45. The summed E-state index contributed by atoms with van der Waals surface area (Å²) in [6.07, 6.45) is -4.53. The third-order valence-electron chi connectivity index (χ3n) is 2.91. The molecule has 0 heterocycles. The molecule has 8 heteroatoms. The Morgan fingerprint density at radius 3 is 2.23 bits per heavy atom. The predicted molar refractivity (Wildman–Crippen MR) is 76.5 cm³/mol. The van der Waals surface area contributed by atoms with Crippen molar-refractivity contribution in [3.05, 3.63) is 35.4 Å². The van der Waals surface area contributed by atoms with Gasteiger partial charge in [-0.1, -0.05) is 19.6 Å². The van der Waals surface area contributed by atoms with Crippen LogP contribution >= 0.6 is 0 Å². The fourth-order valence-electron chi connectivity index (χ4n) is 1.51. The number of carbonyl (C=O) groups is 2. The highest BCUT2D eigenvalue weighted by Gasteiger charge is 2.33. The number of amides is 2. The van der Waals surface area contributed by atoms with Crippen LogP contribution in [0.3, 0.4) is 0 Å². The fourth-order valence-corrected chi connectivity index (χ4v) is 1.51. The van der Waals surface area contributed by atoms with E-state index < -0.39 is 35.1 Å². The van der Waals surface area contributed by atoms with Gasteiger partial charge in [-0.25, -0.2) is 0 Å². The second-order valence-electron chi connectivity index (χ2n) is 5.08. The van der Waals surface area contributed by atoms with Crippen molar-refractivity contribution in [2.24, 2.45) is 11.5 Å². The maximum atomic E-state index is 12.6. The van der Waals surface area contributed by atoms with Crippen LogP contribution in [0.25, 0.3) is 0 Å². The summed E-state index contributed by atoms with van der Waals surface area (Å²) in [5.41, 5.74) is 8.45. The van der Waals surface area contributed by atoms with Crippen LogP contribution in [0.5, 0.6) is 0 Å². The SMILES string of the molecule is C.CC(C)(NC(=O)C(N)c1cccc(C(F)(F)F)c1)C(N)=O. The quantitative estimate of drug-likeness (QED) is 0.788. The van der Waals surface area contributed by atoms with Crippen LogP contribution in [0.1, 0.15) is 38.4 Å². The molecule has 22 heavy (non-hydrogen) atoms. The molecule has 5 N–H and O–H groups in total. The normalized spacial score (nSPS) is 13.0. The van der Waals surface area contributed by atoms with Crippen molar-refractivity contribution < 1.29 is 22.8 Å². The molecule has 1 aromatic rings. The molecule has 0 aliphatic carbocycles. The zero-order valence-corrected chi connectivity index (χ0v) is 11.5. The van der Waals surface area contributed by atoms with E-state index in [0.717, 1.165) is 18.2 Å². The molecule has 0 saturated carbocycles. The van der Waals surface area contributed by atoms with Crippen LogP contribution in [0.2, 0.25) is 0 Å². The Morgan fingerprint density at radius 1 is 1.23 bits per heavy atom. The lowest BCUT2D eigenvalue weighted by atomic mass is 10.0. The minimum absolute atomic E-state index is 0. The Morgan fingerprint density at radius 2 is 1.77 bits per heavy atom. The fraction of sp³-hybridized carbons (Fsp3) is 0.429. The van der Waals surface area contributed by atoms with Crippen molar-refractivity contribution in [2.45, 2.75) is 39.0 Å². The predicted octanol–water partition coefficient (Wildman–Crippen LogP) is 1.72. The van der Waals surface area contributed by atoms with Gasteiger partial charge >= 0.3 is 6.18 Å². The molecule has 5 nitrogen and oxygen atoms in total. The van der Waals surface area contributed by atoms with E-state index in [1.54, 1.807) is 0 Å². The molecule has 1 rings (SSSR count). The van der Waals surface area contributed by atoms with Crippen LogP contribution < -0.4 is 16.8 Å². The lowest BCUT2D eigenvalue weighted by molar-refractivity contribution is -0.137. The van der Waals surface area contributed by atoms with Gasteiger partial charge in [-0.2, -0.15) is 13.2 Å². The van der Waals surface area contributed by atoms with Crippen LogP contribution in [0.15, 0.2) is 24.3 Å². The van der Waals surface area contributed by atoms with Crippen LogP contribution in [0.4, 0.5) is 13.2 Å². The zero-order valence-electron chi connectivity index (χ0n) is 11.5. The van der Waals surface area contributed by atoms with E-state index in [1.807, 2.05) is 0 Å². The van der Waals surface area contributed by atoms with E-state index in [9.17, 15) is 22.8 Å². The molecule has 1 atom stereocenters. The first kappa shape index (κ1) is 19.9. The highest BCUT2D eigenvalue weighted by Crippen LogP contribution is 2.30. The molecule has 0 fully saturated rings. The lowest BCUT2D eigenvalue weighted by Gasteiger charge is -2.24. The van der Waals surface area contributed by atoms with Gasteiger partial charge in [-0.3, -0.25) is 9.59 Å². The van der Waals surface area contributed by atoms with Gasteiger partial charge in [0.05, 0.1) is 5.56 Å². The Labute approximate surface area is 126 Å². The third kappa shape index (κ3) is 4.73. The van der Waals surface area contributed by atoms with E-state index in [2.05, 4.69) is 5.32 Å². The Kier molecular flexibility index (Phi) is 6.14. The molecule has 0 aliphatic heterocycles. The Balaban J connectivity index is 0.00000441. The number of nitrogens with two attached hydrogens (primary N) is 2. The standard InChI is InChI=1S/C13H16F3N3O2.CH4/c1-12(2,11(18)21)19-10(20)9(17)7-4-3-5-8(6-7)13(14,15)16;/h3-6,9H,17H2,1-2H3,(H2,18,21)(H,19,20);1H4. The molecule has 0 aromatic heterocycles. The molecule has 124 valence electrons. The van der Waals surface area contributed by atoms with Crippen LogP contribution in [-0.4, -0.2) is 17.4 Å². The molecule has 0 aliphatic rings. The van der Waals surface area contributed by atoms with Gasteiger partial charge in [-0.15, -0.1) is 0 Å². The van der Waals surface area contributed by atoms with Crippen LogP contribution in [0, 0.1) is 0 Å². The molecule has 1 unspecified atom stereocenters. The van der Waals surface area contributed by atoms with E-state index >= 15 is 0 Å².